The molecule has 0 N–H and O–H groups in total. The smallest absolute Gasteiger partial charge is 0.135 e. The van der Waals surface area contributed by atoms with Gasteiger partial charge in [-0.1, -0.05) is 41.9 Å². The number of aryl methyl sites for hydroxylation is 1. The molecule has 0 aliphatic carbocycles. The maximum Gasteiger partial charge on any atom is 0.135 e. The Labute approximate surface area is 247 Å². The van der Waals surface area contributed by atoms with E-state index in [0.717, 1.165) is 50.2 Å². The van der Waals surface area contributed by atoms with Gasteiger partial charge in [0.05, 0.1) is 12.3 Å². The minimum atomic E-state index is 0. The Morgan fingerprint density at radius 3 is 2.48 bits per heavy atom. The number of fused-ring (bicyclic) bond motifs is 4. The van der Waals surface area contributed by atoms with Crippen LogP contribution in [0.25, 0.3) is 32.5 Å². The molecule has 3 heterocycles. The Balaban J connectivity index is 0.00000289. The number of hydrogen-bond donors (Lipinski definition) is 0. The zero-order valence-electron chi connectivity index (χ0n) is 21.7. The molecule has 198 valence electrons. The summed E-state index contributed by atoms with van der Waals surface area (Å²) in [6, 6.07) is 34.8. The van der Waals surface area contributed by atoms with Gasteiger partial charge in [0, 0.05) is 55.7 Å². The summed E-state index contributed by atoms with van der Waals surface area (Å²) in [5, 5.41) is 2.18. The third kappa shape index (κ3) is 4.29. The fraction of sp³-hybridized carbons (Fsp3) is 0.0606. The Morgan fingerprint density at radius 1 is 0.875 bits per heavy atom. The molecule has 7 heteroatoms. The summed E-state index contributed by atoms with van der Waals surface area (Å²) in [6.45, 7) is 11.7. The third-order valence-corrected chi connectivity index (χ3v) is 6.92. The van der Waals surface area contributed by atoms with Crippen molar-refractivity contribution in [3.63, 3.8) is 0 Å². The molecule has 0 saturated heterocycles. The molecule has 2 aromatic heterocycles. The van der Waals surface area contributed by atoms with Gasteiger partial charge in [-0.2, -0.15) is 12.7 Å². The van der Waals surface area contributed by atoms with Crippen LogP contribution in [0.15, 0.2) is 91.1 Å². The van der Waals surface area contributed by atoms with E-state index >= 15 is 0 Å². The quantitative estimate of drug-likeness (QED) is 0.174. The van der Waals surface area contributed by atoms with Gasteiger partial charge in [0.15, 0.2) is 0 Å². The number of rotatable bonds is 4. The second-order valence-electron chi connectivity index (χ2n) is 9.52. The molecule has 0 radical (unpaired) electrons. The molecule has 0 unspecified atom stereocenters. The monoisotopic (exact) mass is 699 g/mol. The van der Waals surface area contributed by atoms with Crippen LogP contribution >= 0.6 is 0 Å². The summed E-state index contributed by atoms with van der Waals surface area (Å²) >= 11 is 0. The summed E-state index contributed by atoms with van der Waals surface area (Å²) in [4.78, 5) is 12.4. The van der Waals surface area contributed by atoms with Crippen molar-refractivity contribution in [3.05, 3.63) is 127 Å². The molecule has 4 aromatic carbocycles. The van der Waals surface area contributed by atoms with E-state index in [9.17, 15) is 0 Å². The van der Waals surface area contributed by atoms with Crippen molar-refractivity contribution in [2.24, 2.45) is 0 Å². The van der Waals surface area contributed by atoms with Crippen LogP contribution in [0.5, 0.6) is 11.5 Å². The van der Waals surface area contributed by atoms with Gasteiger partial charge in [-0.3, -0.25) is 4.85 Å². The molecule has 40 heavy (non-hydrogen) atoms. The van der Waals surface area contributed by atoms with Crippen molar-refractivity contribution in [3.8, 4) is 17.3 Å². The first-order chi connectivity index (χ1) is 19.1. The zero-order valence-corrected chi connectivity index (χ0v) is 24.0. The maximum atomic E-state index is 7.68. The van der Waals surface area contributed by atoms with Crippen LogP contribution in [0.2, 0.25) is 0 Å². The summed E-state index contributed by atoms with van der Waals surface area (Å²) < 4.78 is 8.41. The van der Waals surface area contributed by atoms with Crippen molar-refractivity contribution in [2.75, 3.05) is 16.8 Å². The SMILES string of the molecule is [C-]#[N+]c1cc(Oc2[c-]c3c(cc2)c2ccccc2n3-c2ccc(C)cn2)[c-]c(N2[CH-]N(C)c3ccccc32)c1.[Pt]. The topological polar surface area (TPSA) is 37.9 Å². The first kappa shape index (κ1) is 25.7. The van der Waals surface area contributed by atoms with E-state index < -0.39 is 0 Å². The van der Waals surface area contributed by atoms with Gasteiger partial charge in [-0.15, -0.1) is 41.4 Å². The third-order valence-electron chi connectivity index (χ3n) is 6.92. The van der Waals surface area contributed by atoms with E-state index in [2.05, 4.69) is 50.8 Å². The van der Waals surface area contributed by atoms with E-state index in [1.165, 1.54) is 0 Å². The van der Waals surface area contributed by atoms with Gasteiger partial charge in [-0.25, -0.2) is 4.98 Å². The number of para-hydroxylation sites is 3. The van der Waals surface area contributed by atoms with Crippen molar-refractivity contribution in [1.82, 2.24) is 9.55 Å². The number of benzene rings is 4. The first-order valence-corrected chi connectivity index (χ1v) is 12.6. The molecule has 6 nitrogen and oxygen atoms in total. The fourth-order valence-corrected chi connectivity index (χ4v) is 5.10. The van der Waals surface area contributed by atoms with Crippen LogP contribution in [0, 0.1) is 32.3 Å². The van der Waals surface area contributed by atoms with E-state index in [1.807, 2.05) is 91.2 Å². The molecular formula is C33H22N5OPt-3. The Morgan fingerprint density at radius 2 is 1.68 bits per heavy atom. The second kappa shape index (κ2) is 10.2. The van der Waals surface area contributed by atoms with Crippen LogP contribution in [-0.2, 0) is 21.1 Å². The summed E-state index contributed by atoms with van der Waals surface area (Å²) in [5.41, 5.74) is 6.32. The average molecular weight is 700 g/mol. The molecule has 0 saturated carbocycles. The number of anilines is 3. The summed E-state index contributed by atoms with van der Waals surface area (Å²) in [6.07, 6.45) is 1.87. The average Bonchev–Trinajstić information content (AvgIpc) is 3.48. The van der Waals surface area contributed by atoms with Gasteiger partial charge in [0.2, 0.25) is 0 Å². The Bertz CT molecular complexity index is 1920. The molecule has 1 aliphatic heterocycles. The minimum Gasteiger partial charge on any atom is -0.510 e. The van der Waals surface area contributed by atoms with Crippen LogP contribution in [0.1, 0.15) is 5.56 Å². The predicted molar refractivity (Wildman–Crippen MR) is 155 cm³/mol. The van der Waals surface area contributed by atoms with Crippen LogP contribution in [0.3, 0.4) is 0 Å². The summed E-state index contributed by atoms with van der Waals surface area (Å²) in [5.74, 6) is 1.80. The van der Waals surface area contributed by atoms with E-state index in [1.54, 1.807) is 6.07 Å². The van der Waals surface area contributed by atoms with Gasteiger partial charge >= 0.3 is 0 Å². The Hall–Kier alpha value is -4.59. The standard InChI is InChI=1S/C33H22N5O.Pt/c1-22-12-15-33(35-20-22)38-29-9-5-4-8-27(29)28-14-13-25(19-32(28)38)39-26-17-23(34-2)16-24(18-26)37-21-36(3)30-10-6-7-11-31(30)37;/h4-17,20-21H,1,3H3;/q-3;. The summed E-state index contributed by atoms with van der Waals surface area (Å²) in [7, 11) is 2.00. The molecule has 0 amide bonds. The van der Waals surface area contributed by atoms with E-state index in [-0.39, 0.29) is 21.1 Å². The number of hydrogen-bond acceptors (Lipinski definition) is 4. The number of pyridine rings is 1. The van der Waals surface area contributed by atoms with Crippen LogP contribution in [-0.4, -0.2) is 16.6 Å². The molecule has 0 bridgehead atoms. The molecular weight excluding hydrogens is 677 g/mol. The molecule has 7 rings (SSSR count). The van der Waals surface area contributed by atoms with Crippen LogP contribution in [0.4, 0.5) is 22.7 Å². The normalized spacial score (nSPS) is 12.3. The van der Waals surface area contributed by atoms with Crippen molar-refractivity contribution >= 4 is 44.6 Å². The molecule has 0 spiro atoms. The minimum absolute atomic E-state index is 0. The first-order valence-electron chi connectivity index (χ1n) is 12.6. The van der Waals surface area contributed by atoms with E-state index in [0.29, 0.717) is 17.2 Å². The zero-order chi connectivity index (χ0) is 26.5. The van der Waals surface area contributed by atoms with Crippen LogP contribution < -0.4 is 14.5 Å². The molecule has 1 aliphatic rings. The van der Waals surface area contributed by atoms with Crippen molar-refractivity contribution in [1.29, 1.82) is 0 Å². The van der Waals surface area contributed by atoms with Crippen molar-refractivity contribution in [2.45, 2.75) is 6.92 Å². The van der Waals surface area contributed by atoms with E-state index in [4.69, 9.17) is 11.3 Å². The molecule has 0 atom stereocenters. The van der Waals surface area contributed by atoms with Gasteiger partial charge in [-0.05, 0) is 49.2 Å². The predicted octanol–water partition coefficient (Wildman–Crippen LogP) is 8.14. The Kier molecular flexibility index (Phi) is 6.54. The maximum absolute atomic E-state index is 7.68. The molecule has 6 aromatic rings. The van der Waals surface area contributed by atoms with Gasteiger partial charge in [0.25, 0.3) is 0 Å². The number of nitrogens with zero attached hydrogens (tertiary/aromatic N) is 5. The molecule has 0 fully saturated rings. The largest absolute Gasteiger partial charge is 0.510 e. The number of aromatic nitrogens is 2. The number of ether oxygens (including phenoxy) is 1. The van der Waals surface area contributed by atoms with Gasteiger partial charge < -0.3 is 19.1 Å². The van der Waals surface area contributed by atoms with Gasteiger partial charge in [0.1, 0.15) is 5.82 Å². The fourth-order valence-electron chi connectivity index (χ4n) is 5.10. The second-order valence-corrected chi connectivity index (χ2v) is 9.52. The van der Waals surface area contributed by atoms with Crippen molar-refractivity contribution < 1.29 is 25.8 Å².